The summed E-state index contributed by atoms with van der Waals surface area (Å²) in [5.74, 6) is 0.103. The van der Waals surface area contributed by atoms with Crippen molar-refractivity contribution in [3.63, 3.8) is 0 Å². The molecule has 1 heterocycles. The van der Waals surface area contributed by atoms with Crippen molar-refractivity contribution in [1.29, 1.82) is 0 Å². The van der Waals surface area contributed by atoms with Gasteiger partial charge in [0.25, 0.3) is 0 Å². The monoisotopic (exact) mass is 240 g/mol. The fourth-order valence-electron chi connectivity index (χ4n) is 2.38. The molecule has 1 saturated heterocycles. The number of nitrogens with zero attached hydrogens (tertiary/aromatic N) is 2. The van der Waals surface area contributed by atoms with Gasteiger partial charge < -0.3 is 9.80 Å². The summed E-state index contributed by atoms with van der Waals surface area (Å²) < 4.78 is 0. The molecule has 0 aromatic carbocycles. The van der Waals surface area contributed by atoms with Crippen molar-refractivity contribution in [3.8, 4) is 0 Å². The number of carbonyl (C=O) groups excluding carboxylic acids is 2. The summed E-state index contributed by atoms with van der Waals surface area (Å²) in [7, 11) is 0. The summed E-state index contributed by atoms with van der Waals surface area (Å²) in [6.45, 7) is 11.0. The average molecular weight is 240 g/mol. The molecule has 4 nitrogen and oxygen atoms in total. The Kier molecular flexibility index (Phi) is 4.17. The molecule has 1 atom stereocenters. The van der Waals surface area contributed by atoms with E-state index < -0.39 is 0 Å². The number of amides is 2. The van der Waals surface area contributed by atoms with Gasteiger partial charge in [0.1, 0.15) is 6.04 Å². The Morgan fingerprint density at radius 1 is 1.35 bits per heavy atom. The lowest BCUT2D eigenvalue weighted by Gasteiger charge is -2.46. The quantitative estimate of drug-likeness (QED) is 0.736. The molecule has 0 radical (unpaired) electrons. The van der Waals surface area contributed by atoms with Crippen LogP contribution in [0.5, 0.6) is 0 Å². The SMILES string of the molecule is CCCC1C(=O)N(C(C)(C)C)CCN1C(C)=O. The Labute approximate surface area is 104 Å². The minimum Gasteiger partial charge on any atom is -0.334 e. The van der Waals surface area contributed by atoms with Gasteiger partial charge in [0.05, 0.1) is 0 Å². The lowest BCUT2D eigenvalue weighted by molar-refractivity contribution is -0.155. The summed E-state index contributed by atoms with van der Waals surface area (Å²) in [6.07, 6.45) is 1.67. The van der Waals surface area contributed by atoms with Crippen LogP contribution in [0.15, 0.2) is 0 Å². The third-order valence-electron chi connectivity index (χ3n) is 3.27. The van der Waals surface area contributed by atoms with Crippen LogP contribution >= 0.6 is 0 Å². The van der Waals surface area contributed by atoms with E-state index in [2.05, 4.69) is 0 Å². The molecule has 0 aromatic rings. The zero-order valence-corrected chi connectivity index (χ0v) is 11.6. The van der Waals surface area contributed by atoms with E-state index in [4.69, 9.17) is 0 Å². The second-order valence-corrected chi connectivity index (χ2v) is 5.68. The lowest BCUT2D eigenvalue weighted by Crippen LogP contribution is -2.62. The van der Waals surface area contributed by atoms with Gasteiger partial charge in [-0.1, -0.05) is 13.3 Å². The molecule has 0 bridgehead atoms. The highest BCUT2D eigenvalue weighted by Gasteiger charge is 2.39. The molecule has 4 heteroatoms. The highest BCUT2D eigenvalue weighted by Crippen LogP contribution is 2.23. The predicted octanol–water partition coefficient (Wildman–Crippen LogP) is 1.64. The van der Waals surface area contributed by atoms with E-state index in [1.54, 1.807) is 11.8 Å². The van der Waals surface area contributed by atoms with Gasteiger partial charge in [0.2, 0.25) is 11.8 Å². The second kappa shape index (κ2) is 5.07. The normalized spacial score (nSPS) is 21.9. The molecule has 1 rings (SSSR count). The van der Waals surface area contributed by atoms with Crippen LogP contribution in [0.3, 0.4) is 0 Å². The molecule has 2 amide bonds. The molecular formula is C13H24N2O2. The molecule has 1 aliphatic rings. The van der Waals surface area contributed by atoms with Gasteiger partial charge in [-0.3, -0.25) is 9.59 Å². The maximum Gasteiger partial charge on any atom is 0.245 e. The van der Waals surface area contributed by atoms with E-state index >= 15 is 0 Å². The van der Waals surface area contributed by atoms with Crippen LogP contribution in [0, 0.1) is 0 Å². The van der Waals surface area contributed by atoms with E-state index in [1.807, 2.05) is 32.6 Å². The molecule has 0 N–H and O–H groups in total. The number of rotatable bonds is 2. The van der Waals surface area contributed by atoms with Crippen LogP contribution in [-0.4, -0.2) is 46.3 Å². The van der Waals surface area contributed by atoms with Crippen LogP contribution in [0.25, 0.3) is 0 Å². The highest BCUT2D eigenvalue weighted by molar-refractivity contribution is 5.88. The molecule has 0 aromatic heterocycles. The zero-order valence-electron chi connectivity index (χ0n) is 11.6. The largest absolute Gasteiger partial charge is 0.334 e. The summed E-state index contributed by atoms with van der Waals surface area (Å²) >= 11 is 0. The van der Waals surface area contributed by atoms with Crippen molar-refractivity contribution in [1.82, 2.24) is 9.80 Å². The Morgan fingerprint density at radius 3 is 2.35 bits per heavy atom. The molecule has 17 heavy (non-hydrogen) atoms. The Bertz CT molecular complexity index is 307. The molecule has 0 saturated carbocycles. The van der Waals surface area contributed by atoms with Crippen LogP contribution in [0.1, 0.15) is 47.5 Å². The number of hydrogen-bond acceptors (Lipinski definition) is 2. The lowest BCUT2D eigenvalue weighted by atomic mass is 9.99. The van der Waals surface area contributed by atoms with Crippen molar-refractivity contribution in [3.05, 3.63) is 0 Å². The van der Waals surface area contributed by atoms with Gasteiger partial charge in [0, 0.05) is 25.6 Å². The van der Waals surface area contributed by atoms with Gasteiger partial charge in [-0.15, -0.1) is 0 Å². The summed E-state index contributed by atoms with van der Waals surface area (Å²) in [5, 5.41) is 0. The van der Waals surface area contributed by atoms with Crippen molar-refractivity contribution in [2.24, 2.45) is 0 Å². The van der Waals surface area contributed by atoms with E-state index in [1.165, 1.54) is 0 Å². The molecule has 1 unspecified atom stereocenters. The summed E-state index contributed by atoms with van der Waals surface area (Å²) in [5.41, 5.74) is -0.161. The zero-order chi connectivity index (χ0) is 13.2. The maximum absolute atomic E-state index is 12.4. The first-order valence-corrected chi connectivity index (χ1v) is 6.37. The van der Waals surface area contributed by atoms with Gasteiger partial charge in [-0.2, -0.15) is 0 Å². The maximum atomic E-state index is 12.4. The third kappa shape index (κ3) is 2.99. The van der Waals surface area contributed by atoms with Crippen molar-refractivity contribution < 1.29 is 9.59 Å². The molecular weight excluding hydrogens is 216 g/mol. The van der Waals surface area contributed by atoms with Crippen LogP contribution in [0.2, 0.25) is 0 Å². The van der Waals surface area contributed by atoms with Crippen molar-refractivity contribution >= 4 is 11.8 Å². The van der Waals surface area contributed by atoms with Crippen LogP contribution < -0.4 is 0 Å². The van der Waals surface area contributed by atoms with Crippen LogP contribution in [0.4, 0.5) is 0 Å². The first-order chi connectivity index (χ1) is 7.79. The van der Waals surface area contributed by atoms with Crippen LogP contribution in [-0.2, 0) is 9.59 Å². The molecule has 1 fully saturated rings. The smallest absolute Gasteiger partial charge is 0.245 e. The van der Waals surface area contributed by atoms with E-state index in [0.717, 1.165) is 12.8 Å². The Balaban J connectivity index is 2.91. The van der Waals surface area contributed by atoms with Gasteiger partial charge >= 0.3 is 0 Å². The summed E-state index contributed by atoms with van der Waals surface area (Å²) in [4.78, 5) is 27.6. The second-order valence-electron chi connectivity index (χ2n) is 5.68. The van der Waals surface area contributed by atoms with Gasteiger partial charge in [0.15, 0.2) is 0 Å². The van der Waals surface area contributed by atoms with Gasteiger partial charge in [-0.05, 0) is 27.2 Å². The van der Waals surface area contributed by atoms with Crippen molar-refractivity contribution in [2.75, 3.05) is 13.1 Å². The minimum absolute atomic E-state index is 0.00496. The Hall–Kier alpha value is -1.06. The van der Waals surface area contributed by atoms with E-state index in [-0.39, 0.29) is 23.4 Å². The van der Waals surface area contributed by atoms with E-state index in [0.29, 0.717) is 13.1 Å². The first-order valence-electron chi connectivity index (χ1n) is 6.37. The minimum atomic E-state index is -0.259. The fraction of sp³-hybridized carbons (Fsp3) is 0.846. The average Bonchev–Trinajstić information content (AvgIpc) is 2.18. The van der Waals surface area contributed by atoms with Crippen molar-refractivity contribution in [2.45, 2.75) is 59.0 Å². The van der Waals surface area contributed by atoms with E-state index in [9.17, 15) is 9.59 Å². The molecule has 0 spiro atoms. The Morgan fingerprint density at radius 2 is 1.94 bits per heavy atom. The molecule has 1 aliphatic heterocycles. The topological polar surface area (TPSA) is 40.6 Å². The standard InChI is InChI=1S/C13H24N2O2/c1-6-7-11-12(17)15(13(3,4)5)9-8-14(11)10(2)16/h11H,6-9H2,1-5H3. The fourth-order valence-corrected chi connectivity index (χ4v) is 2.38. The first kappa shape index (κ1) is 14.0. The molecule has 98 valence electrons. The highest BCUT2D eigenvalue weighted by atomic mass is 16.2. The summed E-state index contributed by atoms with van der Waals surface area (Å²) in [6, 6.07) is -0.259. The number of carbonyl (C=O) groups is 2. The third-order valence-corrected chi connectivity index (χ3v) is 3.27. The number of hydrogen-bond donors (Lipinski definition) is 0. The molecule has 0 aliphatic carbocycles. The predicted molar refractivity (Wildman–Crippen MR) is 67.5 cm³/mol. The van der Waals surface area contributed by atoms with Gasteiger partial charge in [-0.25, -0.2) is 0 Å². The number of piperazine rings is 1.